The first-order chi connectivity index (χ1) is 18.1. The number of hydrogen-bond donors (Lipinski definition) is 1. The van der Waals surface area contributed by atoms with Crippen LogP contribution in [0.2, 0.25) is 10.0 Å². The topological polar surface area (TPSA) is 73.2 Å². The number of benzene rings is 2. The third-order valence-electron chi connectivity index (χ3n) is 7.86. The standard InChI is InChI=1S/C31H39Cl2N3O3/c1-29(2,3)12-11-25(20-7-9-21(10-8-20)28(38)39)36-27(37)26(22-17-23(32)19-24(33)18-22)34-31(36)13-15-35(16-14-31)30(4,5)6/h7-10,17-19,25H,11-16H2,1-6H3,(H,38,39)/t25-/m1/s1. The first-order valence-corrected chi connectivity index (χ1v) is 14.3. The summed E-state index contributed by atoms with van der Waals surface area (Å²) >= 11 is 12.7. The molecule has 0 saturated carbocycles. The zero-order valence-corrected chi connectivity index (χ0v) is 25.2. The van der Waals surface area contributed by atoms with E-state index in [1.54, 1.807) is 30.3 Å². The molecule has 2 aliphatic rings. The molecule has 2 aliphatic heterocycles. The lowest BCUT2D eigenvalue weighted by Gasteiger charge is -2.49. The average molecular weight is 573 g/mol. The third-order valence-corrected chi connectivity index (χ3v) is 8.30. The second-order valence-electron chi connectivity index (χ2n) is 13.0. The molecule has 8 heteroatoms. The summed E-state index contributed by atoms with van der Waals surface area (Å²) in [6.45, 7) is 14.8. The predicted octanol–water partition coefficient (Wildman–Crippen LogP) is 7.48. The maximum Gasteiger partial charge on any atom is 0.335 e. The molecule has 210 valence electrons. The summed E-state index contributed by atoms with van der Waals surface area (Å²) in [5, 5.41) is 10.4. The summed E-state index contributed by atoms with van der Waals surface area (Å²) < 4.78 is 0. The lowest BCUT2D eigenvalue weighted by Crippen LogP contribution is -2.57. The van der Waals surface area contributed by atoms with Crippen LogP contribution in [-0.4, -0.2) is 56.8 Å². The smallest absolute Gasteiger partial charge is 0.335 e. The summed E-state index contributed by atoms with van der Waals surface area (Å²) in [4.78, 5) is 35.6. The molecule has 0 unspecified atom stereocenters. The van der Waals surface area contributed by atoms with Crippen LogP contribution in [0.25, 0.3) is 0 Å². The Kier molecular flexibility index (Phi) is 8.24. The van der Waals surface area contributed by atoms with Crippen LogP contribution in [0.1, 0.15) is 94.8 Å². The summed E-state index contributed by atoms with van der Waals surface area (Å²) in [7, 11) is 0. The molecule has 2 aromatic carbocycles. The fourth-order valence-electron chi connectivity index (χ4n) is 5.67. The highest BCUT2D eigenvalue weighted by atomic mass is 35.5. The minimum atomic E-state index is -0.973. The Hall–Kier alpha value is -2.41. The number of carboxylic acid groups (broad SMARTS) is 1. The Morgan fingerprint density at radius 1 is 1.00 bits per heavy atom. The molecule has 1 saturated heterocycles. The van der Waals surface area contributed by atoms with E-state index in [4.69, 9.17) is 28.2 Å². The highest BCUT2D eigenvalue weighted by molar-refractivity contribution is 6.47. The van der Waals surface area contributed by atoms with Gasteiger partial charge in [0.15, 0.2) is 0 Å². The molecule has 0 bridgehead atoms. The molecule has 0 aliphatic carbocycles. The van der Waals surface area contributed by atoms with Gasteiger partial charge < -0.3 is 10.0 Å². The molecule has 1 spiro atoms. The van der Waals surface area contributed by atoms with Gasteiger partial charge in [0, 0.05) is 47.1 Å². The maximum absolute atomic E-state index is 14.4. The van der Waals surface area contributed by atoms with E-state index in [2.05, 4.69) is 46.4 Å². The van der Waals surface area contributed by atoms with Crippen molar-refractivity contribution in [2.24, 2.45) is 10.4 Å². The molecule has 6 nitrogen and oxygen atoms in total. The van der Waals surface area contributed by atoms with E-state index in [9.17, 15) is 14.7 Å². The lowest BCUT2D eigenvalue weighted by molar-refractivity contribution is -0.134. The van der Waals surface area contributed by atoms with Crippen LogP contribution < -0.4 is 0 Å². The van der Waals surface area contributed by atoms with Gasteiger partial charge in [-0.25, -0.2) is 4.79 Å². The molecule has 1 fully saturated rings. The Labute approximate surface area is 242 Å². The number of carbonyl (C=O) groups excluding carboxylic acids is 1. The lowest BCUT2D eigenvalue weighted by atomic mass is 9.84. The van der Waals surface area contributed by atoms with Gasteiger partial charge >= 0.3 is 5.97 Å². The van der Waals surface area contributed by atoms with Crippen molar-refractivity contribution in [3.05, 3.63) is 69.2 Å². The summed E-state index contributed by atoms with van der Waals surface area (Å²) in [5.74, 6) is -1.11. The summed E-state index contributed by atoms with van der Waals surface area (Å²) in [6, 6.07) is 11.8. The molecule has 0 aromatic heterocycles. The van der Waals surface area contributed by atoms with E-state index in [-0.39, 0.29) is 28.5 Å². The number of aliphatic imine (C=N–C) groups is 1. The Balaban J connectivity index is 1.82. The van der Waals surface area contributed by atoms with E-state index in [1.807, 2.05) is 17.0 Å². The van der Waals surface area contributed by atoms with Gasteiger partial charge in [0.1, 0.15) is 11.4 Å². The summed E-state index contributed by atoms with van der Waals surface area (Å²) in [6.07, 6.45) is 3.01. The van der Waals surface area contributed by atoms with Gasteiger partial charge in [-0.2, -0.15) is 0 Å². The Morgan fingerprint density at radius 3 is 2.05 bits per heavy atom. The van der Waals surface area contributed by atoms with Crippen molar-refractivity contribution in [1.82, 2.24) is 9.80 Å². The molecule has 1 amide bonds. The van der Waals surface area contributed by atoms with E-state index < -0.39 is 11.6 Å². The van der Waals surface area contributed by atoms with E-state index in [0.717, 1.165) is 31.5 Å². The van der Waals surface area contributed by atoms with Gasteiger partial charge in [0.25, 0.3) is 5.91 Å². The number of carbonyl (C=O) groups is 2. The van der Waals surface area contributed by atoms with Crippen LogP contribution >= 0.6 is 23.2 Å². The van der Waals surface area contributed by atoms with Crippen LogP contribution in [-0.2, 0) is 4.79 Å². The van der Waals surface area contributed by atoms with E-state index in [0.29, 0.717) is 34.2 Å². The van der Waals surface area contributed by atoms with E-state index >= 15 is 0 Å². The first kappa shape index (κ1) is 29.6. The largest absolute Gasteiger partial charge is 0.478 e. The van der Waals surface area contributed by atoms with Crippen LogP contribution in [0.3, 0.4) is 0 Å². The number of aromatic carboxylic acids is 1. The fraction of sp³-hybridized carbons (Fsp3) is 0.516. The number of carboxylic acids is 1. The van der Waals surface area contributed by atoms with Gasteiger partial charge in [-0.15, -0.1) is 0 Å². The monoisotopic (exact) mass is 571 g/mol. The first-order valence-electron chi connectivity index (χ1n) is 13.6. The number of rotatable bonds is 6. The SMILES string of the molecule is CC(C)(C)CC[C@H](c1ccc(C(=O)O)cc1)N1C(=O)C(c2cc(Cl)cc(Cl)c2)=NC12CCN(C(C)(C)C)CC2. The van der Waals surface area contributed by atoms with Crippen LogP contribution in [0.4, 0.5) is 0 Å². The number of halogens is 2. The molecule has 2 aromatic rings. The Bertz CT molecular complexity index is 1250. The number of nitrogens with zero attached hydrogens (tertiary/aromatic N) is 3. The van der Waals surface area contributed by atoms with Gasteiger partial charge in [-0.1, -0.05) is 56.1 Å². The fourth-order valence-corrected chi connectivity index (χ4v) is 6.20. The quantitative estimate of drug-likeness (QED) is 0.390. The molecule has 2 heterocycles. The number of likely N-dealkylation sites (tertiary alicyclic amines) is 1. The van der Waals surface area contributed by atoms with Crippen molar-refractivity contribution in [2.45, 2.75) is 84.5 Å². The van der Waals surface area contributed by atoms with Gasteiger partial charge in [0.2, 0.25) is 0 Å². The van der Waals surface area contributed by atoms with Crippen molar-refractivity contribution in [3.8, 4) is 0 Å². The second kappa shape index (κ2) is 10.9. The normalized spacial score (nSPS) is 18.9. The van der Waals surface area contributed by atoms with Gasteiger partial charge in [-0.05, 0) is 74.9 Å². The van der Waals surface area contributed by atoms with Crippen LogP contribution in [0.5, 0.6) is 0 Å². The minimum Gasteiger partial charge on any atom is -0.478 e. The number of amides is 1. The van der Waals surface area contributed by atoms with Crippen LogP contribution in [0.15, 0.2) is 47.5 Å². The zero-order chi connectivity index (χ0) is 28.8. The average Bonchev–Trinajstić information content (AvgIpc) is 3.10. The molecule has 1 N–H and O–H groups in total. The van der Waals surface area contributed by atoms with Gasteiger partial charge in [-0.3, -0.25) is 14.7 Å². The molecule has 39 heavy (non-hydrogen) atoms. The molecular weight excluding hydrogens is 533 g/mol. The zero-order valence-electron chi connectivity index (χ0n) is 23.7. The van der Waals surface area contributed by atoms with Crippen molar-refractivity contribution in [1.29, 1.82) is 0 Å². The minimum absolute atomic E-state index is 0.0143. The highest BCUT2D eigenvalue weighted by Gasteiger charge is 2.52. The summed E-state index contributed by atoms with van der Waals surface area (Å²) in [5.41, 5.74) is 1.49. The Morgan fingerprint density at radius 2 is 1.56 bits per heavy atom. The maximum atomic E-state index is 14.4. The molecule has 0 radical (unpaired) electrons. The number of piperidine rings is 1. The molecular formula is C31H39Cl2N3O3. The number of hydrogen-bond acceptors (Lipinski definition) is 4. The highest BCUT2D eigenvalue weighted by Crippen LogP contribution is 2.45. The third kappa shape index (κ3) is 6.50. The van der Waals surface area contributed by atoms with Crippen LogP contribution in [0, 0.1) is 5.41 Å². The predicted molar refractivity (Wildman–Crippen MR) is 158 cm³/mol. The van der Waals surface area contributed by atoms with Crippen molar-refractivity contribution < 1.29 is 14.7 Å². The molecule has 1 atom stereocenters. The van der Waals surface area contributed by atoms with Crippen molar-refractivity contribution in [2.75, 3.05) is 13.1 Å². The van der Waals surface area contributed by atoms with Crippen molar-refractivity contribution in [3.63, 3.8) is 0 Å². The van der Waals surface area contributed by atoms with Gasteiger partial charge in [0.05, 0.1) is 11.6 Å². The molecule has 4 rings (SSSR count). The van der Waals surface area contributed by atoms with Crippen molar-refractivity contribution >= 4 is 40.8 Å². The second-order valence-corrected chi connectivity index (χ2v) is 13.8. The van der Waals surface area contributed by atoms with E-state index in [1.165, 1.54) is 0 Å².